The highest BCUT2D eigenvalue weighted by Gasteiger charge is 2.26. The molecule has 5 rings (SSSR count). The maximum absolute atomic E-state index is 13.7. The van der Waals surface area contributed by atoms with Gasteiger partial charge in [0.2, 0.25) is 10.0 Å². The first-order valence-electron chi connectivity index (χ1n) is 12.2. The average molecular weight is 546 g/mol. The highest BCUT2D eigenvalue weighted by molar-refractivity contribution is 7.89. The number of carbonyl (C=O) groups is 1. The minimum atomic E-state index is -3.74. The lowest BCUT2D eigenvalue weighted by Gasteiger charge is -2.21. The monoisotopic (exact) mass is 545 g/mol. The fourth-order valence-corrected chi connectivity index (χ4v) is 6.68. The van der Waals surface area contributed by atoms with Crippen LogP contribution in [-0.4, -0.2) is 30.2 Å². The smallest absolute Gasteiger partial charge is 0.260 e. The number of fused-ring (bicyclic) bond motifs is 1. The highest BCUT2D eigenvalue weighted by Crippen LogP contribution is 2.32. The maximum atomic E-state index is 13.7. The molecule has 0 fully saturated rings. The molecule has 0 bridgehead atoms. The molecular formula is C29H27N3O4S2. The molecular weight excluding hydrogens is 518 g/mol. The molecule has 0 atom stereocenters. The van der Waals surface area contributed by atoms with Gasteiger partial charge in [-0.2, -0.15) is 4.31 Å². The highest BCUT2D eigenvalue weighted by atomic mass is 32.2. The lowest BCUT2D eigenvalue weighted by Crippen LogP contribution is -2.31. The summed E-state index contributed by atoms with van der Waals surface area (Å²) in [7, 11) is -3.74. The molecule has 194 valence electrons. The standard InChI is InChI=1S/C29H27N3O4S2/c1-3-31(19-22-10-5-4-6-11-22)38(34,35)25-16-14-23(15-17-25)28(33)32(20-24-12-8-18-36-24)29-30-27-21(2)9-7-13-26(27)37-29/h4-18H,3,19-20H2,1-2H3. The van der Waals surface area contributed by atoms with Crippen molar-refractivity contribution >= 4 is 42.6 Å². The van der Waals surface area contributed by atoms with Crippen molar-refractivity contribution in [1.29, 1.82) is 0 Å². The summed E-state index contributed by atoms with van der Waals surface area (Å²) < 4.78 is 34.6. The molecule has 2 heterocycles. The van der Waals surface area contributed by atoms with E-state index in [2.05, 4.69) is 0 Å². The topological polar surface area (TPSA) is 83.7 Å². The summed E-state index contributed by atoms with van der Waals surface area (Å²) in [5.41, 5.74) is 3.15. The zero-order valence-electron chi connectivity index (χ0n) is 21.1. The van der Waals surface area contributed by atoms with Crippen LogP contribution < -0.4 is 4.90 Å². The fraction of sp³-hybridized carbons (Fsp3) is 0.172. The van der Waals surface area contributed by atoms with Crippen LogP contribution in [0.2, 0.25) is 0 Å². The van der Waals surface area contributed by atoms with E-state index in [-0.39, 0.29) is 23.9 Å². The number of aromatic nitrogens is 1. The lowest BCUT2D eigenvalue weighted by atomic mass is 10.2. The summed E-state index contributed by atoms with van der Waals surface area (Å²) in [4.78, 5) is 20.2. The second-order valence-electron chi connectivity index (χ2n) is 8.83. The molecule has 1 amide bonds. The molecule has 0 unspecified atom stereocenters. The van der Waals surface area contributed by atoms with E-state index in [0.29, 0.717) is 23.0 Å². The van der Waals surface area contributed by atoms with Crippen LogP contribution in [0.15, 0.2) is 101 Å². The van der Waals surface area contributed by atoms with Crippen LogP contribution in [0, 0.1) is 6.92 Å². The van der Waals surface area contributed by atoms with Gasteiger partial charge in [-0.25, -0.2) is 13.4 Å². The number of thiazole rings is 1. The van der Waals surface area contributed by atoms with Crippen molar-refractivity contribution in [3.8, 4) is 0 Å². The van der Waals surface area contributed by atoms with Crippen molar-refractivity contribution < 1.29 is 17.6 Å². The molecule has 3 aromatic carbocycles. The number of para-hydroxylation sites is 1. The predicted octanol–water partition coefficient (Wildman–Crippen LogP) is 6.26. The van der Waals surface area contributed by atoms with Gasteiger partial charge in [0.05, 0.1) is 27.9 Å². The summed E-state index contributed by atoms with van der Waals surface area (Å²) >= 11 is 1.43. The van der Waals surface area contributed by atoms with Crippen LogP contribution >= 0.6 is 11.3 Å². The zero-order chi connectivity index (χ0) is 26.7. The van der Waals surface area contributed by atoms with E-state index >= 15 is 0 Å². The molecule has 0 saturated heterocycles. The van der Waals surface area contributed by atoms with Gasteiger partial charge in [-0.3, -0.25) is 9.69 Å². The number of carbonyl (C=O) groups excluding carboxylic acids is 1. The molecule has 2 aromatic heterocycles. The normalized spacial score (nSPS) is 11.8. The number of furan rings is 1. The molecule has 0 aliphatic carbocycles. The Morgan fingerprint density at radius 1 is 0.921 bits per heavy atom. The van der Waals surface area contributed by atoms with Gasteiger partial charge in [-0.05, 0) is 60.5 Å². The zero-order valence-corrected chi connectivity index (χ0v) is 22.7. The van der Waals surface area contributed by atoms with E-state index in [4.69, 9.17) is 9.40 Å². The van der Waals surface area contributed by atoms with E-state index in [1.807, 2.05) is 62.4 Å². The van der Waals surface area contributed by atoms with Crippen molar-refractivity contribution in [2.24, 2.45) is 0 Å². The summed E-state index contributed by atoms with van der Waals surface area (Å²) in [5, 5.41) is 0.549. The van der Waals surface area contributed by atoms with Gasteiger partial charge in [0, 0.05) is 18.7 Å². The number of nitrogens with zero attached hydrogens (tertiary/aromatic N) is 3. The van der Waals surface area contributed by atoms with Gasteiger partial charge >= 0.3 is 0 Å². The molecule has 0 saturated carbocycles. The Morgan fingerprint density at radius 2 is 1.68 bits per heavy atom. The van der Waals surface area contributed by atoms with Crippen LogP contribution in [-0.2, 0) is 23.1 Å². The maximum Gasteiger partial charge on any atom is 0.260 e. The van der Waals surface area contributed by atoms with Crippen LogP contribution in [0.5, 0.6) is 0 Å². The first kappa shape index (κ1) is 25.8. The summed E-state index contributed by atoms with van der Waals surface area (Å²) in [6, 6.07) is 25.1. The first-order chi connectivity index (χ1) is 18.4. The third-order valence-electron chi connectivity index (χ3n) is 6.27. The van der Waals surface area contributed by atoms with Crippen molar-refractivity contribution in [3.63, 3.8) is 0 Å². The van der Waals surface area contributed by atoms with Crippen molar-refractivity contribution in [3.05, 3.63) is 114 Å². The summed E-state index contributed by atoms with van der Waals surface area (Å²) in [5.74, 6) is 0.326. The molecule has 0 radical (unpaired) electrons. The van der Waals surface area contributed by atoms with Crippen LogP contribution in [0.3, 0.4) is 0 Å². The average Bonchev–Trinajstić information content (AvgIpc) is 3.61. The molecule has 7 nitrogen and oxygen atoms in total. The first-order valence-corrected chi connectivity index (χ1v) is 14.5. The number of anilines is 1. The minimum Gasteiger partial charge on any atom is -0.467 e. The number of amides is 1. The number of benzene rings is 3. The number of hydrogen-bond acceptors (Lipinski definition) is 6. The number of aryl methyl sites for hydroxylation is 1. The van der Waals surface area contributed by atoms with Gasteiger partial charge in [0.1, 0.15) is 5.76 Å². The van der Waals surface area contributed by atoms with Crippen molar-refractivity contribution in [1.82, 2.24) is 9.29 Å². The molecule has 38 heavy (non-hydrogen) atoms. The van der Waals surface area contributed by atoms with Crippen molar-refractivity contribution in [2.75, 3.05) is 11.4 Å². The van der Waals surface area contributed by atoms with Gasteiger partial charge in [-0.1, -0.05) is 60.7 Å². The Kier molecular flexibility index (Phi) is 7.42. The molecule has 5 aromatic rings. The van der Waals surface area contributed by atoms with E-state index in [0.717, 1.165) is 21.3 Å². The summed E-state index contributed by atoms with van der Waals surface area (Å²) in [6.45, 7) is 4.59. The second kappa shape index (κ2) is 10.9. The SMILES string of the molecule is CCN(Cc1ccccc1)S(=O)(=O)c1ccc(C(=O)N(Cc2ccco2)c2nc3c(C)cccc3s2)cc1. The Morgan fingerprint density at radius 3 is 2.34 bits per heavy atom. The molecule has 0 aliphatic heterocycles. The number of sulfonamides is 1. The lowest BCUT2D eigenvalue weighted by molar-refractivity contribution is 0.0983. The Balaban J connectivity index is 1.44. The third kappa shape index (κ3) is 5.26. The number of rotatable bonds is 9. The van der Waals surface area contributed by atoms with Gasteiger partial charge < -0.3 is 4.42 Å². The molecule has 0 N–H and O–H groups in total. The van der Waals surface area contributed by atoms with Gasteiger partial charge in [-0.15, -0.1) is 0 Å². The van der Waals surface area contributed by atoms with Crippen molar-refractivity contribution in [2.45, 2.75) is 31.8 Å². The van der Waals surface area contributed by atoms with E-state index in [9.17, 15) is 13.2 Å². The summed E-state index contributed by atoms with van der Waals surface area (Å²) in [6.07, 6.45) is 1.56. The van der Waals surface area contributed by atoms with E-state index < -0.39 is 10.0 Å². The Labute approximate surface area is 226 Å². The molecule has 0 spiro atoms. The largest absolute Gasteiger partial charge is 0.467 e. The second-order valence-corrected chi connectivity index (χ2v) is 11.8. The third-order valence-corrected chi connectivity index (χ3v) is 9.25. The van der Waals surface area contributed by atoms with Gasteiger partial charge in [0.25, 0.3) is 5.91 Å². The van der Waals surface area contributed by atoms with Crippen LogP contribution in [0.1, 0.15) is 34.2 Å². The quantitative estimate of drug-likeness (QED) is 0.218. The molecule has 9 heteroatoms. The molecule has 0 aliphatic rings. The van der Waals surface area contributed by atoms with E-state index in [1.165, 1.54) is 27.8 Å². The minimum absolute atomic E-state index is 0.139. The predicted molar refractivity (Wildman–Crippen MR) is 150 cm³/mol. The van der Waals surface area contributed by atoms with Crippen LogP contribution in [0.25, 0.3) is 10.2 Å². The fourth-order valence-electron chi connectivity index (χ4n) is 4.20. The Bertz CT molecular complexity index is 1650. The van der Waals surface area contributed by atoms with Crippen LogP contribution in [0.4, 0.5) is 5.13 Å². The van der Waals surface area contributed by atoms with E-state index in [1.54, 1.807) is 35.4 Å². The number of hydrogen-bond donors (Lipinski definition) is 0. The Hall–Kier alpha value is -3.79. The van der Waals surface area contributed by atoms with Gasteiger partial charge in [0.15, 0.2) is 5.13 Å².